The summed E-state index contributed by atoms with van der Waals surface area (Å²) in [7, 11) is 1.56. The van der Waals surface area contributed by atoms with Gasteiger partial charge in [-0.3, -0.25) is 9.59 Å². The van der Waals surface area contributed by atoms with Crippen LogP contribution in [0.15, 0.2) is 35.4 Å². The van der Waals surface area contributed by atoms with E-state index in [0.717, 1.165) is 20.3 Å². The summed E-state index contributed by atoms with van der Waals surface area (Å²) in [5, 5.41) is 6.62. The SMILES string of the molecule is CCOc1c(I)cc(C=NNC(=O)CC(=O)Nc2ccc(C)c(C)c2)cc1OC. The predicted molar refractivity (Wildman–Crippen MR) is 122 cm³/mol. The van der Waals surface area contributed by atoms with Gasteiger partial charge < -0.3 is 14.8 Å². The Morgan fingerprint density at radius 2 is 1.90 bits per heavy atom. The van der Waals surface area contributed by atoms with Gasteiger partial charge in [0.05, 0.1) is 23.5 Å². The number of hydrogen-bond donors (Lipinski definition) is 2. The van der Waals surface area contributed by atoms with Gasteiger partial charge in [-0.25, -0.2) is 5.43 Å². The van der Waals surface area contributed by atoms with Gasteiger partial charge in [0.2, 0.25) is 11.8 Å². The molecule has 0 atom stereocenters. The van der Waals surface area contributed by atoms with Crippen LogP contribution in [-0.2, 0) is 9.59 Å². The molecule has 0 aliphatic carbocycles. The third kappa shape index (κ3) is 6.74. The Hall–Kier alpha value is -2.62. The molecule has 2 aromatic rings. The average Bonchev–Trinajstić information content (AvgIpc) is 2.66. The molecule has 0 aliphatic heterocycles. The molecule has 2 aromatic carbocycles. The highest BCUT2D eigenvalue weighted by atomic mass is 127. The average molecular weight is 509 g/mol. The van der Waals surface area contributed by atoms with E-state index < -0.39 is 11.8 Å². The molecule has 0 aromatic heterocycles. The van der Waals surface area contributed by atoms with Gasteiger partial charge in [-0.1, -0.05) is 6.07 Å². The van der Waals surface area contributed by atoms with Gasteiger partial charge in [0.25, 0.3) is 0 Å². The van der Waals surface area contributed by atoms with E-state index in [9.17, 15) is 9.59 Å². The Kier molecular flexibility index (Phi) is 8.44. The number of nitrogens with zero attached hydrogens (tertiary/aromatic N) is 1. The van der Waals surface area contributed by atoms with Crippen molar-refractivity contribution in [2.24, 2.45) is 5.10 Å². The smallest absolute Gasteiger partial charge is 0.249 e. The molecule has 0 saturated heterocycles. The molecule has 0 aliphatic rings. The molecule has 0 bridgehead atoms. The fourth-order valence-electron chi connectivity index (χ4n) is 2.49. The van der Waals surface area contributed by atoms with Crippen LogP contribution in [0.5, 0.6) is 11.5 Å². The molecule has 7 nitrogen and oxygen atoms in total. The van der Waals surface area contributed by atoms with E-state index in [1.807, 2.05) is 39.0 Å². The number of hydrazone groups is 1. The lowest BCUT2D eigenvalue weighted by Crippen LogP contribution is -2.24. The Balaban J connectivity index is 1.92. The minimum atomic E-state index is -0.504. The molecular weight excluding hydrogens is 485 g/mol. The first-order chi connectivity index (χ1) is 13.8. The Labute approximate surface area is 184 Å². The van der Waals surface area contributed by atoms with E-state index in [1.54, 1.807) is 19.2 Å². The predicted octanol–water partition coefficient (Wildman–Crippen LogP) is 3.79. The first-order valence-electron chi connectivity index (χ1n) is 9.03. The van der Waals surface area contributed by atoms with Gasteiger partial charge >= 0.3 is 0 Å². The number of carbonyl (C=O) groups is 2. The van der Waals surface area contributed by atoms with Crippen LogP contribution in [0.25, 0.3) is 0 Å². The molecule has 0 fully saturated rings. The minimum absolute atomic E-state index is 0.325. The van der Waals surface area contributed by atoms with Gasteiger partial charge in [-0.05, 0) is 84.3 Å². The molecular formula is C21H24IN3O4. The van der Waals surface area contributed by atoms with Crippen molar-refractivity contribution in [3.8, 4) is 11.5 Å². The molecule has 2 N–H and O–H groups in total. The lowest BCUT2D eigenvalue weighted by molar-refractivity contribution is -0.126. The summed E-state index contributed by atoms with van der Waals surface area (Å²) in [4.78, 5) is 24.0. The van der Waals surface area contributed by atoms with E-state index in [2.05, 4.69) is 38.4 Å². The number of hydrogen-bond acceptors (Lipinski definition) is 5. The van der Waals surface area contributed by atoms with Crippen LogP contribution in [-0.4, -0.2) is 31.7 Å². The number of methoxy groups -OCH3 is 1. The maximum Gasteiger partial charge on any atom is 0.249 e. The van der Waals surface area contributed by atoms with Crippen molar-refractivity contribution in [3.63, 3.8) is 0 Å². The van der Waals surface area contributed by atoms with E-state index in [0.29, 0.717) is 23.8 Å². The topological polar surface area (TPSA) is 89.0 Å². The number of anilines is 1. The van der Waals surface area contributed by atoms with E-state index in [4.69, 9.17) is 9.47 Å². The quantitative estimate of drug-likeness (QED) is 0.245. The standard InChI is InChI=1S/C21H24IN3O4/c1-5-29-21-17(22)9-15(10-18(21)28-4)12-23-25-20(27)11-19(26)24-16-7-6-13(2)14(3)8-16/h6-10,12H,5,11H2,1-4H3,(H,24,26)(H,25,27). The van der Waals surface area contributed by atoms with Crippen LogP contribution in [0.4, 0.5) is 5.69 Å². The molecule has 2 amide bonds. The van der Waals surface area contributed by atoms with E-state index in [-0.39, 0.29) is 6.42 Å². The van der Waals surface area contributed by atoms with Crippen molar-refractivity contribution in [2.75, 3.05) is 19.0 Å². The first kappa shape index (κ1) is 22.7. The van der Waals surface area contributed by atoms with E-state index in [1.165, 1.54) is 6.21 Å². The second-order valence-corrected chi connectivity index (χ2v) is 7.45. The van der Waals surface area contributed by atoms with Crippen molar-refractivity contribution in [2.45, 2.75) is 27.2 Å². The van der Waals surface area contributed by atoms with Gasteiger partial charge in [0.1, 0.15) is 6.42 Å². The summed E-state index contributed by atoms with van der Waals surface area (Å²) in [5.41, 5.74) is 5.95. The second-order valence-electron chi connectivity index (χ2n) is 6.28. The maximum atomic E-state index is 12.0. The van der Waals surface area contributed by atoms with Crippen LogP contribution in [0, 0.1) is 17.4 Å². The number of halogens is 1. The van der Waals surface area contributed by atoms with Gasteiger partial charge in [0.15, 0.2) is 11.5 Å². The largest absolute Gasteiger partial charge is 0.493 e. The Bertz CT molecular complexity index is 928. The van der Waals surface area contributed by atoms with Crippen molar-refractivity contribution in [3.05, 3.63) is 50.6 Å². The summed E-state index contributed by atoms with van der Waals surface area (Å²) < 4.78 is 11.8. The second kappa shape index (κ2) is 10.8. The normalized spacial score (nSPS) is 10.7. The summed E-state index contributed by atoms with van der Waals surface area (Å²) in [6.07, 6.45) is 1.16. The highest BCUT2D eigenvalue weighted by Crippen LogP contribution is 2.33. The lowest BCUT2D eigenvalue weighted by atomic mass is 10.1. The molecule has 0 radical (unpaired) electrons. The molecule has 0 spiro atoms. The molecule has 2 rings (SSSR count). The summed E-state index contributed by atoms with van der Waals surface area (Å²) in [5.74, 6) is 0.340. The highest BCUT2D eigenvalue weighted by Gasteiger charge is 2.11. The first-order valence-corrected chi connectivity index (χ1v) is 10.1. The van der Waals surface area contributed by atoms with Crippen LogP contribution in [0.1, 0.15) is 30.0 Å². The number of aryl methyl sites for hydroxylation is 2. The molecule has 154 valence electrons. The van der Waals surface area contributed by atoms with Gasteiger partial charge in [0, 0.05) is 5.69 Å². The summed E-state index contributed by atoms with van der Waals surface area (Å²) in [6, 6.07) is 9.20. The summed E-state index contributed by atoms with van der Waals surface area (Å²) in [6.45, 7) is 6.38. The van der Waals surface area contributed by atoms with Gasteiger partial charge in [-0.2, -0.15) is 5.10 Å². The molecule has 0 saturated carbocycles. The minimum Gasteiger partial charge on any atom is -0.493 e. The van der Waals surface area contributed by atoms with Crippen molar-refractivity contribution < 1.29 is 19.1 Å². The van der Waals surface area contributed by atoms with Crippen molar-refractivity contribution >= 4 is 46.3 Å². The number of ether oxygens (including phenoxy) is 2. The number of benzene rings is 2. The fourth-order valence-corrected chi connectivity index (χ4v) is 3.27. The lowest BCUT2D eigenvalue weighted by Gasteiger charge is -2.12. The zero-order valence-corrected chi connectivity index (χ0v) is 19.0. The molecule has 0 heterocycles. The van der Waals surface area contributed by atoms with Gasteiger partial charge in [-0.15, -0.1) is 0 Å². The fraction of sp³-hybridized carbons (Fsp3) is 0.286. The highest BCUT2D eigenvalue weighted by molar-refractivity contribution is 14.1. The van der Waals surface area contributed by atoms with Crippen molar-refractivity contribution in [1.29, 1.82) is 0 Å². The molecule has 0 unspecified atom stereocenters. The van der Waals surface area contributed by atoms with Crippen LogP contribution >= 0.6 is 22.6 Å². The number of carbonyl (C=O) groups excluding carboxylic acids is 2. The third-order valence-corrected chi connectivity index (χ3v) is 4.86. The van der Waals surface area contributed by atoms with Crippen molar-refractivity contribution in [1.82, 2.24) is 5.43 Å². The number of rotatable bonds is 8. The zero-order chi connectivity index (χ0) is 21.4. The van der Waals surface area contributed by atoms with Crippen LogP contribution < -0.4 is 20.2 Å². The molecule has 29 heavy (non-hydrogen) atoms. The number of nitrogens with one attached hydrogen (secondary N) is 2. The number of amides is 2. The zero-order valence-electron chi connectivity index (χ0n) is 16.8. The summed E-state index contributed by atoms with van der Waals surface area (Å²) >= 11 is 2.15. The monoisotopic (exact) mass is 509 g/mol. The van der Waals surface area contributed by atoms with Crippen LogP contribution in [0.3, 0.4) is 0 Å². The van der Waals surface area contributed by atoms with Crippen LogP contribution in [0.2, 0.25) is 0 Å². The molecule has 8 heteroatoms. The third-order valence-electron chi connectivity index (χ3n) is 4.06. The Morgan fingerprint density at radius 3 is 2.55 bits per heavy atom. The Morgan fingerprint density at radius 1 is 1.14 bits per heavy atom. The maximum absolute atomic E-state index is 12.0. The van der Waals surface area contributed by atoms with E-state index >= 15 is 0 Å².